The Hall–Kier alpha value is -1.67. The highest BCUT2D eigenvalue weighted by Crippen LogP contribution is 2.08. The van der Waals surface area contributed by atoms with Gasteiger partial charge in [-0.2, -0.15) is 0 Å². The van der Waals surface area contributed by atoms with Crippen LogP contribution in [0.25, 0.3) is 0 Å². The first-order chi connectivity index (χ1) is 12.4. The summed E-state index contributed by atoms with van der Waals surface area (Å²) >= 11 is 3.32. The summed E-state index contributed by atoms with van der Waals surface area (Å²) in [5, 5.41) is 0. The number of carbonyl (C=O) groups is 2. The van der Waals surface area contributed by atoms with Crippen LogP contribution in [0.2, 0.25) is 0 Å². The molecule has 2 amide bonds. The molecule has 1 saturated heterocycles. The molecule has 0 aliphatic carbocycles. The molecule has 0 aromatic carbocycles. The molecule has 2 rings (SSSR count). The molecule has 0 radical (unpaired) electrons. The molecule has 144 valence electrons. The molecule has 7 nitrogen and oxygen atoms in total. The molecule has 0 unspecified atom stereocenters. The van der Waals surface area contributed by atoms with Crippen molar-refractivity contribution in [2.24, 2.45) is 0 Å². The maximum Gasteiger partial charge on any atom is 0.251 e. The van der Waals surface area contributed by atoms with Crippen molar-refractivity contribution in [3.8, 4) is 0 Å². The molecule has 1 aromatic heterocycles. The largest absolute Gasteiger partial charge is 0.342 e. The normalized spacial score (nSPS) is 15.6. The van der Waals surface area contributed by atoms with Crippen molar-refractivity contribution >= 4 is 27.7 Å². The van der Waals surface area contributed by atoms with Crippen LogP contribution in [0, 0.1) is 0 Å². The Morgan fingerprint density at radius 2 is 1.81 bits per heavy atom. The van der Waals surface area contributed by atoms with E-state index in [4.69, 9.17) is 0 Å². The SMILES string of the molecule is CCN(CC)C(=O)CN1CCCN(C(=O)Cn2cc(Br)ccc2=O)CC1. The highest BCUT2D eigenvalue weighted by Gasteiger charge is 2.22. The highest BCUT2D eigenvalue weighted by molar-refractivity contribution is 9.10. The van der Waals surface area contributed by atoms with Crippen LogP contribution >= 0.6 is 15.9 Å². The van der Waals surface area contributed by atoms with Gasteiger partial charge < -0.3 is 14.4 Å². The molecular formula is C18H27BrN4O3. The predicted molar refractivity (Wildman–Crippen MR) is 104 cm³/mol. The van der Waals surface area contributed by atoms with Gasteiger partial charge in [0.05, 0.1) is 6.54 Å². The van der Waals surface area contributed by atoms with E-state index in [0.29, 0.717) is 26.2 Å². The molecule has 1 aliphatic heterocycles. The quantitative estimate of drug-likeness (QED) is 0.680. The number of hydrogen-bond acceptors (Lipinski definition) is 4. The summed E-state index contributed by atoms with van der Waals surface area (Å²) in [5.41, 5.74) is -0.192. The molecule has 0 spiro atoms. The summed E-state index contributed by atoms with van der Waals surface area (Å²) in [6.07, 6.45) is 2.46. The molecule has 1 aromatic rings. The van der Waals surface area contributed by atoms with Crippen LogP contribution < -0.4 is 5.56 Å². The maximum absolute atomic E-state index is 12.6. The topological polar surface area (TPSA) is 65.9 Å². The fraction of sp³-hybridized carbons (Fsp3) is 0.611. The number of carbonyl (C=O) groups excluding carboxylic acids is 2. The van der Waals surface area contributed by atoms with Gasteiger partial charge in [-0.15, -0.1) is 0 Å². The first kappa shape index (κ1) is 20.6. The van der Waals surface area contributed by atoms with Crippen LogP contribution in [0.15, 0.2) is 27.6 Å². The van der Waals surface area contributed by atoms with Crippen molar-refractivity contribution in [1.29, 1.82) is 0 Å². The second kappa shape index (κ2) is 9.87. The molecule has 0 bridgehead atoms. The van der Waals surface area contributed by atoms with Gasteiger partial charge in [-0.05, 0) is 42.3 Å². The number of pyridine rings is 1. The van der Waals surface area contributed by atoms with Crippen LogP contribution in [-0.4, -0.2) is 76.9 Å². The number of rotatable bonds is 6. The molecule has 26 heavy (non-hydrogen) atoms. The van der Waals surface area contributed by atoms with E-state index in [1.807, 2.05) is 18.7 Å². The smallest absolute Gasteiger partial charge is 0.251 e. The average molecular weight is 427 g/mol. The van der Waals surface area contributed by atoms with Crippen molar-refractivity contribution in [1.82, 2.24) is 19.3 Å². The first-order valence-corrected chi connectivity index (χ1v) is 9.87. The minimum atomic E-state index is -0.192. The zero-order valence-electron chi connectivity index (χ0n) is 15.5. The minimum absolute atomic E-state index is 0.0383. The second-order valence-corrected chi connectivity index (χ2v) is 7.31. The Morgan fingerprint density at radius 1 is 1.08 bits per heavy atom. The summed E-state index contributed by atoms with van der Waals surface area (Å²) in [6.45, 7) is 8.53. The lowest BCUT2D eigenvalue weighted by Crippen LogP contribution is -2.42. The van der Waals surface area contributed by atoms with E-state index < -0.39 is 0 Å². The summed E-state index contributed by atoms with van der Waals surface area (Å²) in [7, 11) is 0. The van der Waals surface area contributed by atoms with Crippen LogP contribution in [-0.2, 0) is 16.1 Å². The van der Waals surface area contributed by atoms with Crippen LogP contribution in [0.3, 0.4) is 0 Å². The Morgan fingerprint density at radius 3 is 2.50 bits per heavy atom. The molecule has 2 heterocycles. The van der Waals surface area contributed by atoms with Gasteiger partial charge in [0.1, 0.15) is 6.54 Å². The Bertz CT molecular complexity index is 687. The Balaban J connectivity index is 1.91. The van der Waals surface area contributed by atoms with Gasteiger partial charge in [-0.1, -0.05) is 0 Å². The van der Waals surface area contributed by atoms with Gasteiger partial charge in [0.25, 0.3) is 5.56 Å². The van der Waals surface area contributed by atoms with Gasteiger partial charge in [-0.25, -0.2) is 0 Å². The minimum Gasteiger partial charge on any atom is -0.342 e. The van der Waals surface area contributed by atoms with Gasteiger partial charge >= 0.3 is 0 Å². The van der Waals surface area contributed by atoms with Gasteiger partial charge in [0, 0.05) is 56.0 Å². The average Bonchev–Trinajstić information content (AvgIpc) is 2.85. The molecule has 1 fully saturated rings. The molecule has 1 aliphatic rings. The van der Waals surface area contributed by atoms with Crippen molar-refractivity contribution in [2.75, 3.05) is 45.8 Å². The van der Waals surface area contributed by atoms with Crippen molar-refractivity contribution in [3.05, 3.63) is 33.2 Å². The van der Waals surface area contributed by atoms with Crippen LogP contribution in [0.5, 0.6) is 0 Å². The van der Waals surface area contributed by atoms with E-state index in [0.717, 1.165) is 30.5 Å². The number of hydrogen-bond donors (Lipinski definition) is 0. The molecule has 0 saturated carbocycles. The van der Waals surface area contributed by atoms with Crippen LogP contribution in [0.1, 0.15) is 20.3 Å². The van der Waals surface area contributed by atoms with Crippen molar-refractivity contribution < 1.29 is 9.59 Å². The van der Waals surface area contributed by atoms with E-state index in [2.05, 4.69) is 20.8 Å². The molecular weight excluding hydrogens is 400 g/mol. The summed E-state index contributed by atoms with van der Waals surface area (Å²) in [5.74, 6) is 0.0672. The third kappa shape index (κ3) is 5.67. The lowest BCUT2D eigenvalue weighted by Gasteiger charge is -2.25. The standard InChI is InChI=1S/C18H27BrN4O3/c1-3-21(4-2)17(25)13-20-8-5-9-22(11-10-20)18(26)14-23-12-15(19)6-7-16(23)24/h6-7,12H,3-5,8-11,13-14H2,1-2H3. The number of halogens is 1. The second-order valence-electron chi connectivity index (χ2n) is 6.39. The van der Waals surface area contributed by atoms with E-state index >= 15 is 0 Å². The fourth-order valence-electron chi connectivity index (χ4n) is 3.12. The zero-order chi connectivity index (χ0) is 19.1. The third-order valence-corrected chi connectivity index (χ3v) is 5.14. The number of likely N-dealkylation sites (N-methyl/N-ethyl adjacent to an activating group) is 1. The summed E-state index contributed by atoms with van der Waals surface area (Å²) < 4.78 is 2.18. The van der Waals surface area contributed by atoms with Gasteiger partial charge in [0.15, 0.2) is 0 Å². The first-order valence-electron chi connectivity index (χ1n) is 9.08. The monoisotopic (exact) mass is 426 g/mol. The number of nitrogens with zero attached hydrogens (tertiary/aromatic N) is 4. The van der Waals surface area contributed by atoms with E-state index in [1.54, 1.807) is 17.2 Å². The summed E-state index contributed by atoms with van der Waals surface area (Å²) in [6, 6.07) is 3.11. The Labute approximate surface area is 162 Å². The Kier molecular flexibility index (Phi) is 7.84. The number of amides is 2. The molecule has 8 heteroatoms. The van der Waals surface area contributed by atoms with Gasteiger partial charge in [0.2, 0.25) is 11.8 Å². The van der Waals surface area contributed by atoms with E-state index in [9.17, 15) is 14.4 Å². The molecule has 0 atom stereocenters. The van der Waals surface area contributed by atoms with E-state index in [-0.39, 0.29) is 23.9 Å². The maximum atomic E-state index is 12.6. The number of aromatic nitrogens is 1. The molecule has 0 N–H and O–H groups in total. The highest BCUT2D eigenvalue weighted by atomic mass is 79.9. The fourth-order valence-corrected chi connectivity index (χ4v) is 3.50. The zero-order valence-corrected chi connectivity index (χ0v) is 17.1. The van der Waals surface area contributed by atoms with E-state index in [1.165, 1.54) is 10.6 Å². The predicted octanol–water partition coefficient (Wildman–Crippen LogP) is 1.01. The lowest BCUT2D eigenvalue weighted by atomic mass is 10.3. The third-order valence-electron chi connectivity index (χ3n) is 4.67. The van der Waals surface area contributed by atoms with Gasteiger partial charge in [-0.3, -0.25) is 19.3 Å². The van der Waals surface area contributed by atoms with Crippen LogP contribution in [0.4, 0.5) is 0 Å². The van der Waals surface area contributed by atoms with Crippen molar-refractivity contribution in [3.63, 3.8) is 0 Å². The lowest BCUT2D eigenvalue weighted by molar-refractivity contribution is -0.132. The summed E-state index contributed by atoms with van der Waals surface area (Å²) in [4.78, 5) is 42.4. The van der Waals surface area contributed by atoms with Crippen molar-refractivity contribution in [2.45, 2.75) is 26.8 Å².